The predicted molar refractivity (Wildman–Crippen MR) is 103 cm³/mol. The number of aromatic nitrogens is 3. The van der Waals surface area contributed by atoms with Gasteiger partial charge in [0, 0.05) is 11.3 Å². The first-order valence-electron chi connectivity index (χ1n) is 8.37. The molecule has 0 spiro atoms. The summed E-state index contributed by atoms with van der Waals surface area (Å²) in [5, 5.41) is 4.82. The number of benzene rings is 2. The lowest BCUT2D eigenvalue weighted by atomic mass is 10.2. The summed E-state index contributed by atoms with van der Waals surface area (Å²) in [6.45, 7) is 3.71. The van der Waals surface area contributed by atoms with Gasteiger partial charge >= 0.3 is 0 Å². The number of rotatable bonds is 4. The first-order chi connectivity index (χ1) is 13.1. The first-order valence-corrected chi connectivity index (χ1v) is 9.36. The van der Waals surface area contributed by atoms with Crippen LogP contribution in [-0.2, 0) is 5.75 Å². The van der Waals surface area contributed by atoms with Crippen molar-refractivity contribution in [2.75, 3.05) is 0 Å². The monoisotopic (exact) mass is 381 g/mol. The molecular formula is C20H16FN3O2S. The number of halogens is 1. The van der Waals surface area contributed by atoms with E-state index in [4.69, 9.17) is 4.52 Å². The van der Waals surface area contributed by atoms with Gasteiger partial charge in [-0.3, -0.25) is 9.36 Å². The zero-order chi connectivity index (χ0) is 19.0. The van der Waals surface area contributed by atoms with Crippen LogP contribution < -0.4 is 5.56 Å². The lowest BCUT2D eigenvalue weighted by molar-refractivity contribution is 0.392. The van der Waals surface area contributed by atoms with Crippen molar-refractivity contribution >= 4 is 22.7 Å². The minimum atomic E-state index is -0.476. The normalized spacial score (nSPS) is 11.2. The molecule has 7 heteroatoms. The van der Waals surface area contributed by atoms with E-state index in [1.54, 1.807) is 36.4 Å². The van der Waals surface area contributed by atoms with Gasteiger partial charge in [0.15, 0.2) is 5.16 Å². The average molecular weight is 381 g/mol. The molecule has 0 saturated heterocycles. The minimum absolute atomic E-state index is 0.182. The van der Waals surface area contributed by atoms with Crippen LogP contribution in [0.2, 0.25) is 0 Å². The summed E-state index contributed by atoms with van der Waals surface area (Å²) < 4.78 is 21.0. The molecule has 2 heterocycles. The second-order valence-electron chi connectivity index (χ2n) is 6.09. The third-order valence-corrected chi connectivity index (χ3v) is 5.33. The van der Waals surface area contributed by atoms with Crippen LogP contribution in [0.1, 0.15) is 17.0 Å². The highest BCUT2D eigenvalue weighted by atomic mass is 32.2. The number of aryl methyl sites for hydroxylation is 2. The maximum Gasteiger partial charge on any atom is 0.266 e. The summed E-state index contributed by atoms with van der Waals surface area (Å²) in [6, 6.07) is 13.3. The molecule has 0 N–H and O–H groups in total. The molecule has 4 rings (SSSR count). The Morgan fingerprint density at radius 2 is 1.85 bits per heavy atom. The first kappa shape index (κ1) is 17.5. The number of hydrogen-bond acceptors (Lipinski definition) is 5. The van der Waals surface area contributed by atoms with Gasteiger partial charge in [0.05, 0.1) is 22.3 Å². The molecule has 0 bridgehead atoms. The standard InChI is InChI=1S/C20H16FN3O2S/c1-12-15(13(2)26-23-12)11-27-20-22-17-9-5-3-7-14(17)19(25)24(20)18-10-6-4-8-16(18)21/h3-10H,11H2,1-2H3. The van der Waals surface area contributed by atoms with E-state index >= 15 is 0 Å². The van der Waals surface area contributed by atoms with Gasteiger partial charge in [0.1, 0.15) is 11.6 Å². The van der Waals surface area contributed by atoms with E-state index in [1.165, 1.54) is 22.4 Å². The van der Waals surface area contributed by atoms with E-state index in [2.05, 4.69) is 10.1 Å². The van der Waals surface area contributed by atoms with Gasteiger partial charge < -0.3 is 4.52 Å². The van der Waals surface area contributed by atoms with Crippen molar-refractivity contribution < 1.29 is 8.91 Å². The molecule has 27 heavy (non-hydrogen) atoms. The van der Waals surface area contributed by atoms with Crippen LogP contribution >= 0.6 is 11.8 Å². The molecule has 0 aliphatic heterocycles. The molecule has 136 valence electrons. The second kappa shape index (κ2) is 7.00. The molecule has 0 saturated carbocycles. The highest BCUT2D eigenvalue weighted by molar-refractivity contribution is 7.98. The summed E-state index contributed by atoms with van der Waals surface area (Å²) >= 11 is 1.35. The average Bonchev–Trinajstić information content (AvgIpc) is 2.99. The van der Waals surface area contributed by atoms with Crippen LogP contribution in [0.3, 0.4) is 0 Å². The molecule has 0 radical (unpaired) electrons. The van der Waals surface area contributed by atoms with Gasteiger partial charge in [-0.2, -0.15) is 0 Å². The zero-order valence-corrected chi connectivity index (χ0v) is 15.6. The van der Waals surface area contributed by atoms with Crippen LogP contribution in [0.5, 0.6) is 0 Å². The molecule has 0 aliphatic carbocycles. The fraction of sp³-hybridized carbons (Fsp3) is 0.150. The van der Waals surface area contributed by atoms with Crippen molar-refractivity contribution in [3.63, 3.8) is 0 Å². The number of fused-ring (bicyclic) bond motifs is 1. The smallest absolute Gasteiger partial charge is 0.266 e. The molecule has 2 aromatic heterocycles. The third kappa shape index (κ3) is 3.14. The summed E-state index contributed by atoms with van der Waals surface area (Å²) in [5.41, 5.74) is 2.20. The number of thioether (sulfide) groups is 1. The topological polar surface area (TPSA) is 60.9 Å². The number of hydrogen-bond donors (Lipinski definition) is 0. The van der Waals surface area contributed by atoms with E-state index in [0.717, 1.165) is 17.0 Å². The predicted octanol–water partition coefficient (Wildman–Crippen LogP) is 4.42. The number of nitrogens with zero attached hydrogens (tertiary/aromatic N) is 3. The largest absolute Gasteiger partial charge is 0.361 e. The van der Waals surface area contributed by atoms with E-state index in [-0.39, 0.29) is 11.2 Å². The van der Waals surface area contributed by atoms with Gasteiger partial charge in [-0.05, 0) is 38.1 Å². The van der Waals surface area contributed by atoms with Gasteiger partial charge in [-0.25, -0.2) is 9.37 Å². The van der Waals surface area contributed by atoms with Gasteiger partial charge in [0.25, 0.3) is 5.56 Å². The molecule has 0 atom stereocenters. The molecular weight excluding hydrogens is 365 g/mol. The van der Waals surface area contributed by atoms with Crippen LogP contribution in [0.15, 0.2) is 63.0 Å². The molecule has 0 unspecified atom stereocenters. The quantitative estimate of drug-likeness (QED) is 0.387. The van der Waals surface area contributed by atoms with Crippen LogP contribution in [-0.4, -0.2) is 14.7 Å². The Morgan fingerprint density at radius 3 is 2.59 bits per heavy atom. The molecule has 5 nitrogen and oxygen atoms in total. The summed E-state index contributed by atoms with van der Waals surface area (Å²) in [5.74, 6) is 0.761. The van der Waals surface area contributed by atoms with E-state index in [9.17, 15) is 9.18 Å². The molecule has 0 amide bonds. The van der Waals surface area contributed by atoms with Gasteiger partial charge in [-0.1, -0.05) is 41.2 Å². The Kier molecular flexibility index (Phi) is 4.53. The van der Waals surface area contributed by atoms with Crippen molar-refractivity contribution in [1.82, 2.24) is 14.7 Å². The Hall–Kier alpha value is -2.93. The van der Waals surface area contributed by atoms with Crippen LogP contribution in [0.4, 0.5) is 4.39 Å². The zero-order valence-electron chi connectivity index (χ0n) is 14.8. The van der Waals surface area contributed by atoms with Gasteiger partial charge in [-0.15, -0.1) is 0 Å². The summed E-state index contributed by atoms with van der Waals surface area (Å²) in [4.78, 5) is 17.7. The van der Waals surface area contributed by atoms with Crippen molar-refractivity contribution in [3.05, 3.63) is 81.7 Å². The second-order valence-corrected chi connectivity index (χ2v) is 7.04. The van der Waals surface area contributed by atoms with E-state index in [0.29, 0.717) is 21.8 Å². The van der Waals surface area contributed by atoms with Crippen molar-refractivity contribution in [2.24, 2.45) is 0 Å². The van der Waals surface area contributed by atoms with E-state index in [1.807, 2.05) is 19.9 Å². The molecule has 2 aromatic carbocycles. The van der Waals surface area contributed by atoms with Crippen LogP contribution in [0, 0.1) is 19.7 Å². The highest BCUT2D eigenvalue weighted by Crippen LogP contribution is 2.27. The molecule has 0 aliphatic rings. The summed E-state index contributed by atoms with van der Waals surface area (Å²) in [7, 11) is 0. The van der Waals surface area contributed by atoms with Crippen molar-refractivity contribution in [2.45, 2.75) is 24.8 Å². The Labute approximate surface area is 158 Å². The fourth-order valence-corrected chi connectivity index (χ4v) is 4.06. The Bertz CT molecular complexity index is 1180. The van der Waals surface area contributed by atoms with E-state index < -0.39 is 5.82 Å². The SMILES string of the molecule is Cc1noc(C)c1CSc1nc2ccccc2c(=O)n1-c1ccccc1F. The summed E-state index contributed by atoms with van der Waals surface area (Å²) in [6.07, 6.45) is 0. The lowest BCUT2D eigenvalue weighted by Crippen LogP contribution is -2.22. The van der Waals surface area contributed by atoms with Gasteiger partial charge in [0.2, 0.25) is 0 Å². The van der Waals surface area contributed by atoms with Crippen molar-refractivity contribution in [3.8, 4) is 5.69 Å². The third-order valence-electron chi connectivity index (χ3n) is 4.37. The van der Waals surface area contributed by atoms with Crippen LogP contribution in [0.25, 0.3) is 16.6 Å². The lowest BCUT2D eigenvalue weighted by Gasteiger charge is -2.13. The minimum Gasteiger partial charge on any atom is -0.361 e. The number of para-hydroxylation sites is 2. The molecule has 0 fully saturated rings. The Morgan fingerprint density at radius 1 is 1.11 bits per heavy atom. The molecule has 4 aromatic rings. The fourth-order valence-electron chi connectivity index (χ4n) is 2.90. The van der Waals surface area contributed by atoms with Crippen molar-refractivity contribution in [1.29, 1.82) is 0 Å². The maximum atomic E-state index is 14.5. The highest BCUT2D eigenvalue weighted by Gasteiger charge is 2.17. The maximum absolute atomic E-state index is 14.5. The Balaban J connectivity index is 1.89.